The maximum absolute atomic E-state index is 13.6. The van der Waals surface area contributed by atoms with E-state index in [1.807, 2.05) is 13.0 Å². The van der Waals surface area contributed by atoms with Gasteiger partial charge in [0.2, 0.25) is 0 Å². The summed E-state index contributed by atoms with van der Waals surface area (Å²) in [4.78, 5) is 10.7. The minimum Gasteiger partial charge on any atom is -0.376 e. The highest BCUT2D eigenvalue weighted by Gasteiger charge is 2.24. The smallest absolute Gasteiger partial charge is 0.263 e. The molecule has 0 bridgehead atoms. The zero-order valence-corrected chi connectivity index (χ0v) is 14.0. The molecule has 1 fully saturated rings. The summed E-state index contributed by atoms with van der Waals surface area (Å²) in [6.07, 6.45) is 3.68. The van der Waals surface area contributed by atoms with Crippen LogP contribution in [0.5, 0.6) is 0 Å². The Morgan fingerprint density at radius 1 is 1.32 bits per heavy atom. The highest BCUT2D eigenvalue weighted by atomic mass is 19.1. The van der Waals surface area contributed by atoms with Crippen LogP contribution in [0.15, 0.2) is 35.1 Å². The Kier molecular flexibility index (Phi) is 4.31. The number of nitrogens with zero attached hydrogens (tertiary/aromatic N) is 4. The summed E-state index contributed by atoms with van der Waals surface area (Å²) in [6.45, 7) is 3.84. The Labute approximate surface area is 144 Å². The average molecular weight is 342 g/mol. The third kappa shape index (κ3) is 3.32. The van der Waals surface area contributed by atoms with Crippen molar-refractivity contribution in [3.05, 3.63) is 47.7 Å². The van der Waals surface area contributed by atoms with Crippen LogP contribution in [-0.2, 0) is 11.3 Å². The Bertz CT molecular complexity index is 876. The number of anilines is 1. The van der Waals surface area contributed by atoms with Gasteiger partial charge in [-0.15, -0.1) is 0 Å². The molecule has 130 valence electrons. The minimum absolute atomic E-state index is 0.138. The van der Waals surface area contributed by atoms with Crippen molar-refractivity contribution in [2.45, 2.75) is 32.4 Å². The molecule has 0 spiro atoms. The second-order valence-electron chi connectivity index (χ2n) is 6.29. The fourth-order valence-corrected chi connectivity index (χ4v) is 3.26. The van der Waals surface area contributed by atoms with Gasteiger partial charge in [0.25, 0.3) is 5.71 Å². The topological polar surface area (TPSA) is 64.3 Å². The molecule has 1 saturated heterocycles. The van der Waals surface area contributed by atoms with Crippen LogP contribution in [0.3, 0.4) is 0 Å². The number of rotatable bonds is 5. The van der Waals surface area contributed by atoms with E-state index in [1.165, 1.54) is 12.4 Å². The second-order valence-corrected chi connectivity index (χ2v) is 6.29. The van der Waals surface area contributed by atoms with Gasteiger partial charge in [-0.2, -0.15) is 4.98 Å². The van der Waals surface area contributed by atoms with Crippen molar-refractivity contribution in [1.82, 2.24) is 15.1 Å². The molecule has 1 atom stereocenters. The van der Waals surface area contributed by atoms with Gasteiger partial charge < -0.3 is 14.2 Å². The van der Waals surface area contributed by atoms with Crippen molar-refractivity contribution in [3.63, 3.8) is 0 Å². The Balaban J connectivity index is 1.71. The highest BCUT2D eigenvalue weighted by Crippen LogP contribution is 2.28. The fourth-order valence-electron chi connectivity index (χ4n) is 3.26. The third-order valence-electron chi connectivity index (χ3n) is 4.43. The lowest BCUT2D eigenvalue weighted by Crippen LogP contribution is -2.32. The first-order valence-electron chi connectivity index (χ1n) is 8.38. The number of halogens is 1. The van der Waals surface area contributed by atoms with Gasteiger partial charge in [0.15, 0.2) is 0 Å². The Morgan fingerprint density at radius 3 is 3.04 bits per heavy atom. The van der Waals surface area contributed by atoms with Crippen LogP contribution in [0, 0.1) is 12.7 Å². The van der Waals surface area contributed by atoms with Crippen LogP contribution in [0.25, 0.3) is 11.1 Å². The molecule has 1 aliphatic rings. The summed E-state index contributed by atoms with van der Waals surface area (Å²) < 4.78 is 24.7. The molecular weight excluding hydrogens is 323 g/mol. The average Bonchev–Trinajstić information content (AvgIpc) is 3.24. The van der Waals surface area contributed by atoms with Gasteiger partial charge in [0.05, 0.1) is 11.8 Å². The predicted octanol–water partition coefficient (Wildman–Crippen LogP) is 3.25. The third-order valence-corrected chi connectivity index (χ3v) is 4.43. The molecule has 3 aromatic rings. The molecular formula is C18H19FN4O2. The molecule has 0 saturated carbocycles. The predicted molar refractivity (Wildman–Crippen MR) is 90.8 cm³/mol. The monoisotopic (exact) mass is 342 g/mol. The van der Waals surface area contributed by atoms with Gasteiger partial charge in [-0.1, -0.05) is 17.3 Å². The van der Waals surface area contributed by atoms with E-state index < -0.39 is 0 Å². The molecule has 25 heavy (non-hydrogen) atoms. The summed E-state index contributed by atoms with van der Waals surface area (Å²) in [5.41, 5.74) is 2.07. The highest BCUT2D eigenvalue weighted by molar-refractivity contribution is 5.87. The molecule has 0 radical (unpaired) electrons. The molecule has 0 amide bonds. The lowest BCUT2D eigenvalue weighted by molar-refractivity contribution is 0.115. The van der Waals surface area contributed by atoms with Crippen molar-refractivity contribution in [1.29, 1.82) is 0 Å². The molecule has 1 aliphatic heterocycles. The first kappa shape index (κ1) is 16.0. The normalized spacial score (nSPS) is 17.3. The van der Waals surface area contributed by atoms with Gasteiger partial charge >= 0.3 is 0 Å². The summed E-state index contributed by atoms with van der Waals surface area (Å²) in [6, 6.07) is 6.61. The van der Waals surface area contributed by atoms with E-state index in [1.54, 1.807) is 12.1 Å². The fraction of sp³-hybridized carbons (Fsp3) is 0.389. The molecule has 3 heterocycles. The van der Waals surface area contributed by atoms with Gasteiger partial charge in [0, 0.05) is 19.7 Å². The van der Waals surface area contributed by atoms with Crippen LogP contribution in [0.4, 0.5) is 10.2 Å². The van der Waals surface area contributed by atoms with E-state index in [2.05, 4.69) is 20.0 Å². The largest absolute Gasteiger partial charge is 0.376 e. The van der Waals surface area contributed by atoms with E-state index in [9.17, 15) is 4.39 Å². The van der Waals surface area contributed by atoms with Gasteiger partial charge in [-0.25, -0.2) is 9.37 Å². The first-order chi connectivity index (χ1) is 12.2. The molecule has 0 aliphatic carbocycles. The summed E-state index contributed by atoms with van der Waals surface area (Å²) in [5, 5.41) is 4.79. The number of hydrogen-bond donors (Lipinski definition) is 0. The lowest BCUT2D eigenvalue weighted by atomic mass is 10.1. The molecule has 1 aromatic carbocycles. The van der Waals surface area contributed by atoms with Crippen molar-refractivity contribution < 1.29 is 13.7 Å². The zero-order valence-electron chi connectivity index (χ0n) is 14.0. The maximum atomic E-state index is 13.6. The summed E-state index contributed by atoms with van der Waals surface area (Å²) in [5.74, 6) is 0.493. The van der Waals surface area contributed by atoms with E-state index in [0.717, 1.165) is 41.9 Å². The standard InChI is InChI=1S/C18H19FN4O2/c1-12-16-17(20-11-21-18(16)25-22-12)23(10-15-6-3-7-24-15)9-13-4-2-5-14(19)8-13/h2,4-5,8,11,15H,3,6-7,9-10H2,1H3. The zero-order chi connectivity index (χ0) is 17.2. The number of aryl methyl sites for hydroxylation is 1. The molecule has 6 nitrogen and oxygen atoms in total. The molecule has 7 heteroatoms. The van der Waals surface area contributed by atoms with Gasteiger partial charge in [-0.3, -0.25) is 0 Å². The van der Waals surface area contributed by atoms with Gasteiger partial charge in [0.1, 0.15) is 23.3 Å². The van der Waals surface area contributed by atoms with Crippen molar-refractivity contribution in [2.75, 3.05) is 18.1 Å². The second kappa shape index (κ2) is 6.76. The summed E-state index contributed by atoms with van der Waals surface area (Å²) in [7, 11) is 0. The van der Waals surface area contributed by atoms with Crippen molar-refractivity contribution in [3.8, 4) is 0 Å². The molecule has 0 N–H and O–H groups in total. The summed E-state index contributed by atoms with van der Waals surface area (Å²) >= 11 is 0. The molecule has 4 rings (SSSR count). The number of fused-ring (bicyclic) bond motifs is 1. The molecule has 2 aromatic heterocycles. The van der Waals surface area contributed by atoms with E-state index in [4.69, 9.17) is 9.26 Å². The van der Waals surface area contributed by atoms with Crippen LogP contribution < -0.4 is 4.90 Å². The number of aromatic nitrogens is 3. The quantitative estimate of drug-likeness (QED) is 0.709. The van der Waals surface area contributed by atoms with Gasteiger partial charge in [-0.05, 0) is 37.5 Å². The maximum Gasteiger partial charge on any atom is 0.263 e. The Morgan fingerprint density at radius 2 is 2.24 bits per heavy atom. The van der Waals surface area contributed by atoms with Crippen molar-refractivity contribution in [2.24, 2.45) is 0 Å². The van der Waals surface area contributed by atoms with E-state index in [-0.39, 0.29) is 11.9 Å². The minimum atomic E-state index is -0.247. The Hall–Kier alpha value is -2.54. The van der Waals surface area contributed by atoms with E-state index >= 15 is 0 Å². The SMILES string of the molecule is Cc1noc2ncnc(N(Cc3cccc(F)c3)CC3CCCO3)c12. The lowest BCUT2D eigenvalue weighted by Gasteiger charge is -2.27. The van der Waals surface area contributed by atoms with Crippen LogP contribution >= 0.6 is 0 Å². The van der Waals surface area contributed by atoms with Crippen LogP contribution in [0.1, 0.15) is 24.1 Å². The number of benzene rings is 1. The first-order valence-corrected chi connectivity index (χ1v) is 8.38. The number of ether oxygens (including phenoxy) is 1. The van der Waals surface area contributed by atoms with Crippen LogP contribution in [0.2, 0.25) is 0 Å². The molecule has 1 unspecified atom stereocenters. The number of hydrogen-bond acceptors (Lipinski definition) is 6. The van der Waals surface area contributed by atoms with E-state index in [0.29, 0.717) is 18.8 Å². The van der Waals surface area contributed by atoms with Crippen LogP contribution in [-0.4, -0.2) is 34.4 Å². The van der Waals surface area contributed by atoms with Crippen molar-refractivity contribution >= 4 is 16.9 Å².